The van der Waals surface area contributed by atoms with Gasteiger partial charge in [-0.3, -0.25) is 4.79 Å². The van der Waals surface area contributed by atoms with Crippen LogP contribution < -0.4 is 16.8 Å². The number of carbonyl (C=O) groups is 1. The summed E-state index contributed by atoms with van der Waals surface area (Å²) in [4.78, 5) is 10.8. The zero-order chi connectivity index (χ0) is 13.1. The SMILES string of the molecule is NC(=O)C(N)CNc1ccc2cc(Br)ccc2c1. The highest BCUT2D eigenvalue weighted by atomic mass is 79.9. The van der Waals surface area contributed by atoms with Crippen LogP contribution in [0.5, 0.6) is 0 Å². The molecule has 1 unspecified atom stereocenters. The molecule has 2 rings (SSSR count). The highest BCUT2D eigenvalue weighted by Crippen LogP contribution is 2.22. The fraction of sp³-hybridized carbons (Fsp3) is 0.154. The summed E-state index contributed by atoms with van der Waals surface area (Å²) in [5.41, 5.74) is 11.6. The van der Waals surface area contributed by atoms with Crippen molar-refractivity contribution in [2.45, 2.75) is 6.04 Å². The number of anilines is 1. The van der Waals surface area contributed by atoms with Crippen LogP contribution in [0.15, 0.2) is 40.9 Å². The van der Waals surface area contributed by atoms with Crippen LogP contribution >= 0.6 is 15.9 Å². The number of hydrogen-bond donors (Lipinski definition) is 3. The van der Waals surface area contributed by atoms with Gasteiger partial charge in [-0.2, -0.15) is 0 Å². The van der Waals surface area contributed by atoms with Crippen LogP contribution in [0.4, 0.5) is 5.69 Å². The number of rotatable bonds is 4. The lowest BCUT2D eigenvalue weighted by molar-refractivity contribution is -0.118. The Hall–Kier alpha value is -1.59. The fourth-order valence-electron chi connectivity index (χ4n) is 1.65. The standard InChI is InChI=1S/C13H14BrN3O/c14-10-3-1-9-6-11(4-2-8(9)5-10)17-7-12(15)13(16)18/h1-6,12,17H,7,15H2,(H2,16,18). The third-order valence-corrected chi connectivity index (χ3v) is 3.19. The van der Waals surface area contributed by atoms with E-state index in [1.54, 1.807) is 0 Å². The predicted octanol–water partition coefficient (Wildman–Crippen LogP) is 1.83. The molecule has 0 aromatic heterocycles. The first-order chi connectivity index (χ1) is 8.56. The summed E-state index contributed by atoms with van der Waals surface area (Å²) in [6.45, 7) is 0.331. The first-order valence-corrected chi connectivity index (χ1v) is 6.33. The summed E-state index contributed by atoms with van der Waals surface area (Å²) in [5, 5.41) is 5.36. The normalized spacial score (nSPS) is 12.3. The number of benzene rings is 2. The van der Waals surface area contributed by atoms with Gasteiger partial charge in [-0.15, -0.1) is 0 Å². The maximum absolute atomic E-state index is 10.8. The smallest absolute Gasteiger partial charge is 0.236 e. The highest BCUT2D eigenvalue weighted by molar-refractivity contribution is 9.10. The zero-order valence-corrected chi connectivity index (χ0v) is 11.3. The van der Waals surface area contributed by atoms with E-state index in [9.17, 15) is 4.79 Å². The zero-order valence-electron chi connectivity index (χ0n) is 9.69. The van der Waals surface area contributed by atoms with Crippen molar-refractivity contribution in [1.82, 2.24) is 0 Å². The average Bonchev–Trinajstić information content (AvgIpc) is 2.35. The number of amides is 1. The number of nitrogens with two attached hydrogens (primary N) is 2. The van der Waals surface area contributed by atoms with Gasteiger partial charge < -0.3 is 16.8 Å². The molecular formula is C13H14BrN3O. The maximum atomic E-state index is 10.8. The molecular weight excluding hydrogens is 294 g/mol. The summed E-state index contributed by atoms with van der Waals surface area (Å²) in [6.07, 6.45) is 0. The molecule has 0 radical (unpaired) electrons. The summed E-state index contributed by atoms with van der Waals surface area (Å²) in [5.74, 6) is -0.507. The Balaban J connectivity index is 2.15. The molecule has 1 amide bonds. The lowest BCUT2D eigenvalue weighted by Crippen LogP contribution is -2.41. The maximum Gasteiger partial charge on any atom is 0.236 e. The largest absolute Gasteiger partial charge is 0.383 e. The fourth-order valence-corrected chi connectivity index (χ4v) is 2.03. The van der Waals surface area contributed by atoms with Gasteiger partial charge in [-0.1, -0.05) is 28.1 Å². The molecule has 0 aliphatic rings. The van der Waals surface area contributed by atoms with Crippen molar-refractivity contribution in [3.05, 3.63) is 40.9 Å². The summed E-state index contributed by atoms with van der Waals surface area (Å²) in [6, 6.07) is 11.4. The van der Waals surface area contributed by atoms with Crippen LogP contribution in [-0.2, 0) is 4.79 Å². The number of carbonyl (C=O) groups excluding carboxylic acids is 1. The van der Waals surface area contributed by atoms with E-state index in [1.807, 2.05) is 36.4 Å². The molecule has 0 bridgehead atoms. The van der Waals surface area contributed by atoms with E-state index in [-0.39, 0.29) is 0 Å². The second-order valence-electron chi connectivity index (χ2n) is 4.10. The van der Waals surface area contributed by atoms with Crippen molar-refractivity contribution in [3.8, 4) is 0 Å². The molecule has 1 atom stereocenters. The van der Waals surface area contributed by atoms with Gasteiger partial charge in [-0.05, 0) is 35.0 Å². The lowest BCUT2D eigenvalue weighted by atomic mass is 10.1. The molecule has 2 aromatic rings. The van der Waals surface area contributed by atoms with Crippen LogP contribution in [0.1, 0.15) is 0 Å². The van der Waals surface area contributed by atoms with E-state index < -0.39 is 11.9 Å². The molecule has 2 aromatic carbocycles. The third-order valence-electron chi connectivity index (χ3n) is 2.69. The molecule has 0 fully saturated rings. The van der Waals surface area contributed by atoms with E-state index in [1.165, 1.54) is 0 Å². The summed E-state index contributed by atoms with van der Waals surface area (Å²) < 4.78 is 1.05. The molecule has 94 valence electrons. The first-order valence-electron chi connectivity index (χ1n) is 5.54. The second kappa shape index (κ2) is 5.37. The highest BCUT2D eigenvalue weighted by Gasteiger charge is 2.08. The summed E-state index contributed by atoms with van der Waals surface area (Å²) in [7, 11) is 0. The molecule has 5 heteroatoms. The van der Waals surface area contributed by atoms with E-state index in [2.05, 4.69) is 21.2 Å². The van der Waals surface area contributed by atoms with Crippen molar-refractivity contribution in [3.63, 3.8) is 0 Å². The van der Waals surface area contributed by atoms with Gasteiger partial charge >= 0.3 is 0 Å². The molecule has 0 heterocycles. The topological polar surface area (TPSA) is 81.1 Å². The van der Waals surface area contributed by atoms with Gasteiger partial charge in [0, 0.05) is 16.7 Å². The third kappa shape index (κ3) is 3.00. The van der Waals surface area contributed by atoms with E-state index >= 15 is 0 Å². The lowest BCUT2D eigenvalue weighted by Gasteiger charge is -2.11. The van der Waals surface area contributed by atoms with E-state index in [4.69, 9.17) is 11.5 Å². The Bertz CT molecular complexity index is 585. The Morgan fingerprint density at radius 1 is 1.22 bits per heavy atom. The molecule has 0 saturated heterocycles. The Kier molecular flexibility index (Phi) is 3.84. The second-order valence-corrected chi connectivity index (χ2v) is 5.01. The monoisotopic (exact) mass is 307 g/mol. The van der Waals surface area contributed by atoms with Crippen molar-refractivity contribution >= 4 is 38.3 Å². The Labute approximate surface area is 113 Å². The number of nitrogens with one attached hydrogen (secondary N) is 1. The van der Waals surface area contributed by atoms with Gasteiger partial charge in [0.1, 0.15) is 6.04 Å². The summed E-state index contributed by atoms with van der Waals surface area (Å²) >= 11 is 3.43. The van der Waals surface area contributed by atoms with Crippen molar-refractivity contribution in [2.24, 2.45) is 11.5 Å². The van der Waals surface area contributed by atoms with Crippen LogP contribution in [0.2, 0.25) is 0 Å². The molecule has 0 aliphatic carbocycles. The molecule has 5 N–H and O–H groups in total. The van der Waals surface area contributed by atoms with Crippen LogP contribution in [0.3, 0.4) is 0 Å². The van der Waals surface area contributed by atoms with Crippen molar-refractivity contribution in [2.75, 3.05) is 11.9 Å². The minimum atomic E-state index is -0.675. The van der Waals surface area contributed by atoms with Gasteiger partial charge in [0.05, 0.1) is 0 Å². The minimum absolute atomic E-state index is 0.331. The quantitative estimate of drug-likeness (QED) is 0.806. The van der Waals surface area contributed by atoms with E-state index in [0.717, 1.165) is 20.9 Å². The molecule has 0 spiro atoms. The number of primary amides is 1. The number of fused-ring (bicyclic) bond motifs is 1. The van der Waals surface area contributed by atoms with Crippen molar-refractivity contribution < 1.29 is 4.79 Å². The Morgan fingerprint density at radius 2 is 1.89 bits per heavy atom. The number of hydrogen-bond acceptors (Lipinski definition) is 3. The van der Waals surface area contributed by atoms with Crippen LogP contribution in [0, 0.1) is 0 Å². The molecule has 0 saturated carbocycles. The first kappa shape index (κ1) is 12.9. The molecule has 18 heavy (non-hydrogen) atoms. The van der Waals surface area contributed by atoms with Crippen LogP contribution in [-0.4, -0.2) is 18.5 Å². The van der Waals surface area contributed by atoms with E-state index in [0.29, 0.717) is 6.54 Å². The molecule has 4 nitrogen and oxygen atoms in total. The predicted molar refractivity (Wildman–Crippen MR) is 77.3 cm³/mol. The van der Waals surface area contributed by atoms with Crippen molar-refractivity contribution in [1.29, 1.82) is 0 Å². The van der Waals surface area contributed by atoms with Gasteiger partial charge in [0.2, 0.25) is 5.91 Å². The minimum Gasteiger partial charge on any atom is -0.383 e. The molecule has 0 aliphatic heterocycles. The van der Waals surface area contributed by atoms with Crippen LogP contribution in [0.25, 0.3) is 10.8 Å². The average molecular weight is 308 g/mol. The Morgan fingerprint density at radius 3 is 2.61 bits per heavy atom. The van der Waals surface area contributed by atoms with Gasteiger partial charge in [0.15, 0.2) is 0 Å². The van der Waals surface area contributed by atoms with Gasteiger partial charge in [-0.25, -0.2) is 0 Å². The number of halogens is 1. The van der Waals surface area contributed by atoms with Gasteiger partial charge in [0.25, 0.3) is 0 Å².